The van der Waals surface area contributed by atoms with Crippen LogP contribution in [0.2, 0.25) is 0 Å². The Hall–Kier alpha value is -3.55. The summed E-state index contributed by atoms with van der Waals surface area (Å²) >= 11 is 0. The molecule has 1 aromatic carbocycles. The maximum atomic E-state index is 9.65. The minimum atomic E-state index is 0.172. The molecule has 6 atom stereocenters. The van der Waals surface area contributed by atoms with Gasteiger partial charge < -0.3 is 15.0 Å². The third kappa shape index (κ3) is 2.87. The third-order valence-electron chi connectivity index (χ3n) is 8.23. The first-order valence-corrected chi connectivity index (χ1v) is 12.4. The van der Waals surface area contributed by atoms with Crippen LogP contribution in [0.15, 0.2) is 102 Å². The van der Waals surface area contributed by atoms with Gasteiger partial charge in [-0.25, -0.2) is 0 Å². The lowest BCUT2D eigenvalue weighted by Crippen LogP contribution is -2.33. The lowest BCUT2D eigenvalue weighted by atomic mass is 9.71. The minimum Gasteiger partial charge on any atom is -0.387 e. The molecule has 1 N–H and O–H groups in total. The highest BCUT2D eigenvalue weighted by molar-refractivity contribution is 5.79. The van der Waals surface area contributed by atoms with Crippen LogP contribution in [0.5, 0.6) is 0 Å². The molecule has 168 valence electrons. The van der Waals surface area contributed by atoms with E-state index in [9.17, 15) is 5.26 Å². The topological polar surface area (TPSA) is 48.3 Å². The van der Waals surface area contributed by atoms with Crippen LogP contribution >= 0.6 is 0 Å². The Morgan fingerprint density at radius 3 is 2.94 bits per heavy atom. The number of nitrogens with one attached hydrogen (secondary N) is 1. The van der Waals surface area contributed by atoms with Gasteiger partial charge in [0.2, 0.25) is 0 Å². The molecule has 0 aromatic heterocycles. The molecule has 7 rings (SSSR count). The molecule has 1 aromatic rings. The minimum absolute atomic E-state index is 0.172. The largest absolute Gasteiger partial charge is 0.387 e. The molecule has 0 amide bonds. The molecule has 1 saturated heterocycles. The van der Waals surface area contributed by atoms with Crippen molar-refractivity contribution in [3.63, 3.8) is 0 Å². The van der Waals surface area contributed by atoms with Crippen molar-refractivity contribution in [3.8, 4) is 6.07 Å². The van der Waals surface area contributed by atoms with Crippen molar-refractivity contribution in [1.29, 1.82) is 5.26 Å². The molecule has 0 radical (unpaired) electrons. The van der Waals surface area contributed by atoms with Crippen molar-refractivity contribution in [2.75, 3.05) is 11.4 Å². The fraction of sp³-hybridized carbons (Fsp3) is 0.300. The predicted octanol–water partition coefficient (Wildman–Crippen LogP) is 5.19. The number of allylic oxidation sites excluding steroid dienone is 6. The number of fused-ring (bicyclic) bond motifs is 6. The fourth-order valence-corrected chi connectivity index (χ4v) is 6.81. The Bertz CT molecular complexity index is 1300. The quantitative estimate of drug-likeness (QED) is 0.637. The van der Waals surface area contributed by atoms with E-state index in [0.717, 1.165) is 23.1 Å². The summed E-state index contributed by atoms with van der Waals surface area (Å²) in [5.41, 5.74) is 6.95. The maximum Gasteiger partial charge on any atom is 0.0996 e. The summed E-state index contributed by atoms with van der Waals surface area (Å²) in [6.45, 7) is 0.670. The molecule has 4 heteroatoms. The number of ether oxygens (including phenoxy) is 1. The summed E-state index contributed by atoms with van der Waals surface area (Å²) in [6.07, 6.45) is 24.8. The van der Waals surface area contributed by atoms with Gasteiger partial charge in [-0.2, -0.15) is 5.26 Å². The number of anilines is 1. The second-order valence-electron chi connectivity index (χ2n) is 9.88. The summed E-state index contributed by atoms with van der Waals surface area (Å²) in [7, 11) is 0. The van der Waals surface area contributed by atoms with Gasteiger partial charge in [-0.3, -0.25) is 0 Å². The molecule has 0 spiro atoms. The standard InChI is InChI=1S/C30H27N3O/c31-17-20-14-15-32-18-24(20)19-6-5-7-21(16-19)33-25-10-3-1-8-22(25)29-26(33)12-13-28-30(29)23-9-2-4-11-27(23)34-28/h1,3-8,10-16,22-23,25,27-28,30,32H,2,9,18H2/t22?,23-,25?,27?,28?,30?/m0/s1. The van der Waals surface area contributed by atoms with Crippen LogP contribution in [-0.4, -0.2) is 24.8 Å². The zero-order chi connectivity index (χ0) is 22.6. The van der Waals surface area contributed by atoms with Gasteiger partial charge in [0.15, 0.2) is 0 Å². The molecule has 34 heavy (non-hydrogen) atoms. The Kier molecular flexibility index (Phi) is 4.53. The van der Waals surface area contributed by atoms with Crippen LogP contribution in [0.1, 0.15) is 18.4 Å². The van der Waals surface area contributed by atoms with Crippen molar-refractivity contribution in [1.82, 2.24) is 5.32 Å². The number of dihydropyridines is 1. The highest BCUT2D eigenvalue weighted by Gasteiger charge is 2.52. The van der Waals surface area contributed by atoms with Crippen molar-refractivity contribution in [2.24, 2.45) is 17.8 Å². The van der Waals surface area contributed by atoms with Gasteiger partial charge in [-0.1, -0.05) is 54.7 Å². The molecular formula is C30H27N3O. The number of benzene rings is 1. The molecule has 0 saturated carbocycles. The first kappa shape index (κ1) is 19.9. The van der Waals surface area contributed by atoms with Crippen LogP contribution in [0.3, 0.4) is 0 Å². The van der Waals surface area contributed by atoms with Gasteiger partial charge in [0.1, 0.15) is 0 Å². The van der Waals surface area contributed by atoms with Crippen LogP contribution < -0.4 is 10.2 Å². The summed E-state index contributed by atoms with van der Waals surface area (Å²) in [4.78, 5) is 2.51. The van der Waals surface area contributed by atoms with Gasteiger partial charge in [-0.15, -0.1) is 0 Å². The number of hydrogen-bond donors (Lipinski definition) is 1. The molecule has 1 fully saturated rings. The second kappa shape index (κ2) is 7.75. The van der Waals surface area contributed by atoms with Gasteiger partial charge in [0, 0.05) is 29.8 Å². The van der Waals surface area contributed by atoms with E-state index in [1.165, 1.54) is 17.8 Å². The average Bonchev–Trinajstić information content (AvgIpc) is 3.44. The number of rotatable bonds is 2. The molecular weight excluding hydrogens is 418 g/mol. The van der Waals surface area contributed by atoms with Crippen LogP contribution in [0.4, 0.5) is 5.69 Å². The molecule has 3 aliphatic heterocycles. The number of hydrogen-bond acceptors (Lipinski definition) is 4. The van der Waals surface area contributed by atoms with Crippen molar-refractivity contribution in [2.45, 2.75) is 31.1 Å². The Morgan fingerprint density at radius 2 is 2.00 bits per heavy atom. The highest BCUT2D eigenvalue weighted by atomic mass is 16.5. The monoisotopic (exact) mass is 445 g/mol. The van der Waals surface area contributed by atoms with E-state index in [1.54, 1.807) is 5.57 Å². The van der Waals surface area contributed by atoms with Crippen LogP contribution in [-0.2, 0) is 4.74 Å². The third-order valence-corrected chi connectivity index (χ3v) is 8.23. The fourth-order valence-electron chi connectivity index (χ4n) is 6.81. The van der Waals surface area contributed by atoms with E-state index in [-0.39, 0.29) is 18.2 Å². The number of nitrogens with zero attached hydrogens (tertiary/aromatic N) is 2. The molecule has 6 aliphatic rings. The zero-order valence-corrected chi connectivity index (χ0v) is 19.0. The summed E-state index contributed by atoms with van der Waals surface area (Å²) in [5.74, 6) is 1.36. The molecule has 4 nitrogen and oxygen atoms in total. The van der Waals surface area contributed by atoms with Crippen LogP contribution in [0.25, 0.3) is 5.57 Å². The van der Waals surface area contributed by atoms with Gasteiger partial charge in [0.05, 0.1) is 29.9 Å². The smallest absolute Gasteiger partial charge is 0.0996 e. The van der Waals surface area contributed by atoms with E-state index in [0.29, 0.717) is 24.3 Å². The highest BCUT2D eigenvalue weighted by Crippen LogP contribution is 2.54. The summed E-state index contributed by atoms with van der Waals surface area (Å²) in [6, 6.07) is 11.3. The SMILES string of the molecule is N#CC1=C(c2cccc(N3C4=C(C5C=CC=CC53)C3C(C=C4)OC4C=CCC[C@@H]43)c2)CNC=C1. The molecule has 0 bridgehead atoms. The van der Waals surface area contributed by atoms with E-state index in [2.05, 4.69) is 89.2 Å². The van der Waals surface area contributed by atoms with Gasteiger partial charge in [0.25, 0.3) is 0 Å². The van der Waals surface area contributed by atoms with Crippen molar-refractivity contribution < 1.29 is 4.74 Å². The predicted molar refractivity (Wildman–Crippen MR) is 134 cm³/mol. The normalized spacial score (nSPS) is 34.5. The maximum absolute atomic E-state index is 9.65. The first-order valence-electron chi connectivity index (χ1n) is 12.4. The lowest BCUT2D eigenvalue weighted by molar-refractivity contribution is 0.0815. The van der Waals surface area contributed by atoms with Crippen molar-refractivity contribution >= 4 is 11.3 Å². The van der Waals surface area contributed by atoms with E-state index in [4.69, 9.17) is 4.74 Å². The van der Waals surface area contributed by atoms with Crippen molar-refractivity contribution in [3.05, 3.63) is 108 Å². The van der Waals surface area contributed by atoms with Crippen LogP contribution in [0, 0.1) is 29.1 Å². The second-order valence-corrected chi connectivity index (χ2v) is 9.88. The summed E-state index contributed by atoms with van der Waals surface area (Å²) in [5, 5.41) is 12.9. The molecule has 5 unspecified atom stereocenters. The Labute approximate surface area is 200 Å². The van der Waals surface area contributed by atoms with E-state index in [1.807, 2.05) is 12.3 Å². The summed E-state index contributed by atoms with van der Waals surface area (Å²) < 4.78 is 6.50. The average molecular weight is 446 g/mol. The molecule has 3 heterocycles. The van der Waals surface area contributed by atoms with Gasteiger partial charge >= 0.3 is 0 Å². The lowest BCUT2D eigenvalue weighted by Gasteiger charge is -2.31. The molecule has 3 aliphatic carbocycles. The Morgan fingerprint density at radius 1 is 1.06 bits per heavy atom. The number of nitriles is 1. The zero-order valence-electron chi connectivity index (χ0n) is 19.0. The first-order chi connectivity index (χ1) is 16.8. The van der Waals surface area contributed by atoms with Gasteiger partial charge in [-0.05, 0) is 66.0 Å². The van der Waals surface area contributed by atoms with E-state index < -0.39 is 0 Å². The van der Waals surface area contributed by atoms with E-state index >= 15 is 0 Å². The Balaban J connectivity index is 1.34.